The van der Waals surface area contributed by atoms with Crippen molar-refractivity contribution in [1.82, 2.24) is 14.9 Å². The number of hydrogen-bond acceptors (Lipinski definition) is 5. The maximum atomic E-state index is 10.2. The zero-order valence-corrected chi connectivity index (χ0v) is 12.0. The highest BCUT2D eigenvalue weighted by molar-refractivity contribution is 5.47. The van der Waals surface area contributed by atoms with E-state index < -0.39 is 0 Å². The minimum Gasteiger partial charge on any atom is -0.508 e. The topological polar surface area (TPSA) is 72.2 Å². The first-order valence-corrected chi connectivity index (χ1v) is 6.81. The highest BCUT2D eigenvalue weighted by Gasteiger charge is 2.21. The van der Waals surface area contributed by atoms with Gasteiger partial charge in [-0.15, -0.1) is 10.2 Å². The summed E-state index contributed by atoms with van der Waals surface area (Å²) in [5.41, 5.74) is 4.90. The van der Waals surface area contributed by atoms with Gasteiger partial charge < -0.3 is 15.3 Å². The molecule has 3 rings (SSSR count). The third-order valence-electron chi connectivity index (χ3n) is 3.39. The zero-order valence-electron chi connectivity index (χ0n) is 12.0. The Morgan fingerprint density at radius 3 is 2.32 bits per heavy atom. The summed E-state index contributed by atoms with van der Waals surface area (Å²) in [6, 6.07) is 14.6. The van der Waals surface area contributed by atoms with Crippen molar-refractivity contribution in [2.45, 2.75) is 6.04 Å². The molecular formula is C16H16N4O2. The van der Waals surface area contributed by atoms with E-state index in [1.165, 1.54) is 0 Å². The molecule has 2 N–H and O–H groups in total. The molecule has 0 radical (unpaired) electrons. The van der Waals surface area contributed by atoms with Crippen molar-refractivity contribution in [1.29, 1.82) is 0 Å². The Labute approximate surface area is 128 Å². The maximum absolute atomic E-state index is 10.2. The molecule has 0 fully saturated rings. The molecule has 0 unspecified atom stereocenters. The number of nitrogens with one attached hydrogen (secondary N) is 1. The van der Waals surface area contributed by atoms with Crippen LogP contribution in [0.1, 0.15) is 17.2 Å². The predicted molar refractivity (Wildman–Crippen MR) is 82.3 cm³/mol. The van der Waals surface area contributed by atoms with Crippen LogP contribution in [0.15, 0.2) is 61.2 Å². The smallest absolute Gasteiger partial charge is 0.138 e. The van der Waals surface area contributed by atoms with Crippen LogP contribution >= 0.6 is 0 Å². The first-order chi connectivity index (χ1) is 10.8. The molecule has 6 nitrogen and oxygen atoms in total. The average Bonchev–Trinajstić information content (AvgIpc) is 3.06. The van der Waals surface area contributed by atoms with Gasteiger partial charge in [-0.1, -0.05) is 36.4 Å². The van der Waals surface area contributed by atoms with Gasteiger partial charge in [0.25, 0.3) is 0 Å². The van der Waals surface area contributed by atoms with Crippen molar-refractivity contribution in [3.63, 3.8) is 0 Å². The summed E-state index contributed by atoms with van der Waals surface area (Å²) in [6.45, 7) is 0. The van der Waals surface area contributed by atoms with Gasteiger partial charge in [-0.05, 0) is 12.1 Å². The van der Waals surface area contributed by atoms with Gasteiger partial charge in [0.15, 0.2) is 0 Å². The second kappa shape index (κ2) is 6.17. The SMILES string of the molecule is COc1ccccc1[C@H](Nn1cnnc1)c1ccccc1O. The molecule has 2 aromatic carbocycles. The van der Waals surface area contributed by atoms with Crippen LogP contribution in [-0.2, 0) is 0 Å². The number of aromatic hydroxyl groups is 1. The number of methoxy groups -OCH3 is 1. The molecule has 0 spiro atoms. The van der Waals surface area contributed by atoms with E-state index in [0.717, 1.165) is 16.9 Å². The van der Waals surface area contributed by atoms with Crippen molar-refractivity contribution in [3.05, 3.63) is 72.3 Å². The second-order valence-corrected chi connectivity index (χ2v) is 4.73. The lowest BCUT2D eigenvalue weighted by Crippen LogP contribution is -2.21. The summed E-state index contributed by atoms with van der Waals surface area (Å²) in [6.07, 6.45) is 3.12. The van der Waals surface area contributed by atoms with Crippen LogP contribution in [0.5, 0.6) is 11.5 Å². The van der Waals surface area contributed by atoms with Gasteiger partial charge in [0.1, 0.15) is 24.2 Å². The number of benzene rings is 2. The fourth-order valence-corrected chi connectivity index (χ4v) is 2.36. The van der Waals surface area contributed by atoms with Crippen molar-refractivity contribution in [3.8, 4) is 11.5 Å². The number of para-hydroxylation sites is 2. The van der Waals surface area contributed by atoms with Crippen LogP contribution < -0.4 is 10.2 Å². The van der Waals surface area contributed by atoms with Crippen LogP contribution in [0.4, 0.5) is 0 Å². The second-order valence-electron chi connectivity index (χ2n) is 4.73. The van der Waals surface area contributed by atoms with E-state index in [-0.39, 0.29) is 11.8 Å². The Bertz CT molecular complexity index is 743. The van der Waals surface area contributed by atoms with Gasteiger partial charge in [0.2, 0.25) is 0 Å². The Balaban J connectivity index is 2.08. The number of ether oxygens (including phenoxy) is 1. The summed E-state index contributed by atoms with van der Waals surface area (Å²) >= 11 is 0. The molecule has 0 amide bonds. The maximum Gasteiger partial charge on any atom is 0.138 e. The lowest BCUT2D eigenvalue weighted by molar-refractivity contribution is 0.406. The van der Waals surface area contributed by atoms with Gasteiger partial charge >= 0.3 is 0 Å². The van der Waals surface area contributed by atoms with Gasteiger partial charge in [0, 0.05) is 11.1 Å². The molecule has 0 aliphatic heterocycles. The molecule has 112 valence electrons. The molecule has 22 heavy (non-hydrogen) atoms. The van der Waals surface area contributed by atoms with Crippen LogP contribution in [0.2, 0.25) is 0 Å². The number of phenols is 1. The molecule has 0 aliphatic rings. The molecule has 1 heterocycles. The summed E-state index contributed by atoms with van der Waals surface area (Å²) in [5.74, 6) is 0.940. The number of nitrogens with zero attached hydrogens (tertiary/aromatic N) is 3. The summed E-state index contributed by atoms with van der Waals surface area (Å²) in [5, 5.41) is 17.8. The highest BCUT2D eigenvalue weighted by atomic mass is 16.5. The molecule has 0 saturated heterocycles. The number of phenolic OH excluding ortho intramolecular Hbond substituents is 1. The van der Waals surface area contributed by atoms with Crippen LogP contribution in [0.3, 0.4) is 0 Å². The number of rotatable bonds is 5. The third-order valence-corrected chi connectivity index (χ3v) is 3.39. The molecule has 1 atom stereocenters. The summed E-state index contributed by atoms with van der Waals surface area (Å²) < 4.78 is 7.09. The minimum atomic E-state index is -0.312. The number of aromatic nitrogens is 3. The molecule has 6 heteroatoms. The Kier molecular flexibility index (Phi) is 3.91. The fraction of sp³-hybridized carbons (Fsp3) is 0.125. The molecule has 0 saturated carbocycles. The van der Waals surface area contributed by atoms with Crippen LogP contribution in [0, 0.1) is 0 Å². The molecule has 3 aromatic rings. The third kappa shape index (κ3) is 2.71. The Morgan fingerprint density at radius 1 is 1.00 bits per heavy atom. The van der Waals surface area contributed by atoms with Crippen LogP contribution in [-0.4, -0.2) is 27.1 Å². The van der Waals surface area contributed by atoms with E-state index in [2.05, 4.69) is 15.6 Å². The van der Waals surface area contributed by atoms with E-state index in [9.17, 15) is 5.11 Å². The van der Waals surface area contributed by atoms with Crippen molar-refractivity contribution in [2.24, 2.45) is 0 Å². The zero-order chi connectivity index (χ0) is 15.4. The van der Waals surface area contributed by atoms with E-state index in [1.54, 1.807) is 36.6 Å². The average molecular weight is 296 g/mol. The summed E-state index contributed by atoms with van der Waals surface area (Å²) in [4.78, 5) is 0. The van der Waals surface area contributed by atoms with Gasteiger partial charge in [-0.2, -0.15) is 0 Å². The van der Waals surface area contributed by atoms with E-state index >= 15 is 0 Å². The standard InChI is InChI=1S/C16H16N4O2/c1-22-15-9-5-3-7-13(15)16(19-20-10-17-18-11-20)12-6-2-4-8-14(12)21/h2-11,16,19,21H,1H3/t16-/m1/s1. The quantitative estimate of drug-likeness (QED) is 0.756. The summed E-state index contributed by atoms with van der Waals surface area (Å²) in [7, 11) is 1.62. The molecular weight excluding hydrogens is 280 g/mol. The molecule has 0 aliphatic carbocycles. The van der Waals surface area contributed by atoms with Crippen molar-refractivity contribution < 1.29 is 9.84 Å². The number of hydrogen-bond donors (Lipinski definition) is 2. The highest BCUT2D eigenvalue weighted by Crippen LogP contribution is 2.34. The fourth-order valence-electron chi connectivity index (χ4n) is 2.36. The lowest BCUT2D eigenvalue weighted by atomic mass is 9.97. The normalized spacial score (nSPS) is 11.9. The largest absolute Gasteiger partial charge is 0.508 e. The van der Waals surface area contributed by atoms with Gasteiger partial charge in [0.05, 0.1) is 13.2 Å². The van der Waals surface area contributed by atoms with Crippen LogP contribution in [0.25, 0.3) is 0 Å². The minimum absolute atomic E-state index is 0.207. The lowest BCUT2D eigenvalue weighted by Gasteiger charge is -2.23. The van der Waals surface area contributed by atoms with Gasteiger partial charge in [-0.25, -0.2) is 4.68 Å². The molecule has 1 aromatic heterocycles. The van der Waals surface area contributed by atoms with E-state index in [1.807, 2.05) is 36.4 Å². The van der Waals surface area contributed by atoms with Crippen molar-refractivity contribution >= 4 is 0 Å². The first kappa shape index (κ1) is 13.9. The van der Waals surface area contributed by atoms with Gasteiger partial charge in [-0.3, -0.25) is 0 Å². The van der Waals surface area contributed by atoms with E-state index in [0.29, 0.717) is 0 Å². The monoisotopic (exact) mass is 296 g/mol. The Morgan fingerprint density at radius 2 is 1.64 bits per heavy atom. The van der Waals surface area contributed by atoms with Crippen molar-refractivity contribution in [2.75, 3.05) is 12.5 Å². The van der Waals surface area contributed by atoms with E-state index in [4.69, 9.17) is 4.74 Å². The molecule has 0 bridgehead atoms. The Hall–Kier alpha value is -3.02. The predicted octanol–water partition coefficient (Wildman–Crippen LogP) is 2.33. The first-order valence-electron chi connectivity index (χ1n) is 6.81.